The molecule has 3 aromatic rings. The molecule has 2 N–H and O–H groups in total. The zero-order valence-electron chi connectivity index (χ0n) is 14.5. The lowest BCUT2D eigenvalue weighted by molar-refractivity contribution is -0.115. The standard InChI is InChI=1S/C17H18N4O3S2/c1-17(2,3)12-7-14(24-21-12)19-13(22)6-11-9-26-16(18-11)20-15(23)10-4-5-25-8-10/h4-5,7-9H,6H2,1-3H3,(H,19,22)(H,18,20,23). The summed E-state index contributed by atoms with van der Waals surface area (Å²) in [5.41, 5.74) is 1.77. The maximum Gasteiger partial charge on any atom is 0.258 e. The van der Waals surface area contributed by atoms with Gasteiger partial charge in [-0.2, -0.15) is 11.3 Å². The molecule has 0 bridgehead atoms. The Kier molecular flexibility index (Phi) is 5.19. The van der Waals surface area contributed by atoms with E-state index in [1.807, 2.05) is 26.2 Å². The Labute approximate surface area is 158 Å². The first-order chi connectivity index (χ1) is 12.3. The van der Waals surface area contributed by atoms with Crippen LogP contribution >= 0.6 is 22.7 Å². The first kappa shape index (κ1) is 18.3. The average molecular weight is 390 g/mol. The van der Waals surface area contributed by atoms with Crippen molar-refractivity contribution in [3.05, 3.63) is 45.2 Å². The van der Waals surface area contributed by atoms with Crippen LogP contribution in [0.4, 0.5) is 11.0 Å². The van der Waals surface area contributed by atoms with E-state index in [1.165, 1.54) is 22.7 Å². The van der Waals surface area contributed by atoms with Gasteiger partial charge in [0.2, 0.25) is 11.8 Å². The van der Waals surface area contributed by atoms with Crippen molar-refractivity contribution in [1.82, 2.24) is 10.1 Å². The molecule has 3 rings (SSSR count). The minimum Gasteiger partial charge on any atom is -0.338 e. The van der Waals surface area contributed by atoms with Crippen LogP contribution in [0.3, 0.4) is 0 Å². The Morgan fingerprint density at radius 1 is 1.23 bits per heavy atom. The number of carbonyl (C=O) groups excluding carboxylic acids is 2. The molecule has 0 spiro atoms. The van der Waals surface area contributed by atoms with Crippen molar-refractivity contribution in [2.24, 2.45) is 0 Å². The second-order valence-corrected chi connectivity index (χ2v) is 8.30. The van der Waals surface area contributed by atoms with E-state index in [-0.39, 0.29) is 23.7 Å². The Morgan fingerprint density at radius 2 is 2.04 bits per heavy atom. The smallest absolute Gasteiger partial charge is 0.258 e. The van der Waals surface area contributed by atoms with E-state index in [0.717, 1.165) is 5.69 Å². The summed E-state index contributed by atoms with van der Waals surface area (Å²) < 4.78 is 5.14. The highest BCUT2D eigenvalue weighted by Crippen LogP contribution is 2.24. The number of amides is 2. The van der Waals surface area contributed by atoms with Gasteiger partial charge in [0, 0.05) is 22.2 Å². The van der Waals surface area contributed by atoms with E-state index >= 15 is 0 Å². The third-order valence-corrected chi connectivity index (χ3v) is 4.93. The van der Waals surface area contributed by atoms with Crippen molar-refractivity contribution in [2.75, 3.05) is 10.6 Å². The molecular weight excluding hydrogens is 372 g/mol. The maximum absolute atomic E-state index is 12.1. The second-order valence-electron chi connectivity index (χ2n) is 6.66. The van der Waals surface area contributed by atoms with Crippen molar-refractivity contribution in [2.45, 2.75) is 32.6 Å². The van der Waals surface area contributed by atoms with Gasteiger partial charge in [-0.25, -0.2) is 4.98 Å². The van der Waals surface area contributed by atoms with Crippen LogP contribution in [0.2, 0.25) is 0 Å². The predicted octanol–water partition coefficient (Wildman–Crippen LogP) is 3.92. The van der Waals surface area contributed by atoms with Gasteiger partial charge in [-0.3, -0.25) is 20.2 Å². The number of nitrogens with zero attached hydrogens (tertiary/aromatic N) is 2. The molecule has 0 aliphatic rings. The number of rotatable bonds is 5. The average Bonchev–Trinajstić information content (AvgIpc) is 3.27. The van der Waals surface area contributed by atoms with Gasteiger partial charge in [-0.1, -0.05) is 25.9 Å². The van der Waals surface area contributed by atoms with Crippen molar-refractivity contribution in [3.63, 3.8) is 0 Å². The van der Waals surface area contributed by atoms with Gasteiger partial charge in [0.1, 0.15) is 0 Å². The van der Waals surface area contributed by atoms with Gasteiger partial charge >= 0.3 is 0 Å². The fraction of sp³-hybridized carbons (Fsp3) is 0.294. The normalized spacial score (nSPS) is 11.3. The molecular formula is C17H18N4O3S2. The summed E-state index contributed by atoms with van der Waals surface area (Å²) >= 11 is 2.73. The maximum atomic E-state index is 12.1. The molecule has 0 saturated heterocycles. The summed E-state index contributed by atoms with van der Waals surface area (Å²) in [4.78, 5) is 28.4. The van der Waals surface area contributed by atoms with Crippen LogP contribution in [0.1, 0.15) is 42.5 Å². The third kappa shape index (κ3) is 4.55. The van der Waals surface area contributed by atoms with Gasteiger partial charge < -0.3 is 4.52 Å². The van der Waals surface area contributed by atoms with Crippen LogP contribution in [0, 0.1) is 0 Å². The quantitative estimate of drug-likeness (QED) is 0.688. The van der Waals surface area contributed by atoms with E-state index in [4.69, 9.17) is 4.52 Å². The molecule has 0 fully saturated rings. The zero-order valence-corrected chi connectivity index (χ0v) is 16.2. The Morgan fingerprint density at radius 3 is 2.69 bits per heavy atom. The molecule has 3 heterocycles. The Bertz CT molecular complexity index is 907. The van der Waals surface area contributed by atoms with Crippen molar-refractivity contribution >= 4 is 45.5 Å². The number of nitrogens with one attached hydrogen (secondary N) is 2. The molecule has 0 unspecified atom stereocenters. The molecule has 0 radical (unpaired) electrons. The van der Waals surface area contributed by atoms with Gasteiger partial charge in [0.25, 0.3) is 5.91 Å². The van der Waals surface area contributed by atoms with E-state index < -0.39 is 0 Å². The molecule has 2 amide bonds. The fourth-order valence-electron chi connectivity index (χ4n) is 2.04. The highest BCUT2D eigenvalue weighted by Gasteiger charge is 2.20. The summed E-state index contributed by atoms with van der Waals surface area (Å²) in [5, 5.41) is 15.1. The highest BCUT2D eigenvalue weighted by atomic mass is 32.1. The number of hydrogen-bond donors (Lipinski definition) is 2. The van der Waals surface area contributed by atoms with E-state index in [0.29, 0.717) is 22.3 Å². The molecule has 3 aromatic heterocycles. The third-order valence-electron chi connectivity index (χ3n) is 3.44. The van der Waals surface area contributed by atoms with Gasteiger partial charge in [-0.05, 0) is 11.4 Å². The fourth-order valence-corrected chi connectivity index (χ4v) is 3.38. The summed E-state index contributed by atoms with van der Waals surface area (Å²) in [5.74, 6) is -0.170. The van der Waals surface area contributed by atoms with Crippen LogP contribution in [0.25, 0.3) is 0 Å². The van der Waals surface area contributed by atoms with Crippen LogP contribution in [0.5, 0.6) is 0 Å². The Hall–Kier alpha value is -2.52. The van der Waals surface area contributed by atoms with Crippen molar-refractivity contribution in [3.8, 4) is 0 Å². The molecule has 26 heavy (non-hydrogen) atoms. The topological polar surface area (TPSA) is 97.1 Å². The molecule has 0 aliphatic heterocycles. The number of carbonyl (C=O) groups is 2. The highest BCUT2D eigenvalue weighted by molar-refractivity contribution is 7.14. The Balaban J connectivity index is 1.56. The van der Waals surface area contributed by atoms with E-state index in [1.54, 1.807) is 22.9 Å². The molecule has 0 atom stereocenters. The molecule has 0 saturated carbocycles. The number of thiophene rings is 1. The summed E-state index contributed by atoms with van der Waals surface area (Å²) in [6.45, 7) is 6.03. The molecule has 0 aliphatic carbocycles. The van der Waals surface area contributed by atoms with Gasteiger partial charge in [0.05, 0.1) is 23.4 Å². The summed E-state index contributed by atoms with van der Waals surface area (Å²) in [6.07, 6.45) is 0.0797. The minimum atomic E-state index is -0.261. The predicted molar refractivity (Wildman–Crippen MR) is 102 cm³/mol. The first-order valence-corrected chi connectivity index (χ1v) is 9.68. The molecule has 7 nitrogen and oxygen atoms in total. The lowest BCUT2D eigenvalue weighted by Crippen LogP contribution is -2.15. The summed E-state index contributed by atoms with van der Waals surface area (Å²) in [7, 11) is 0. The van der Waals surface area contributed by atoms with E-state index in [2.05, 4.69) is 20.8 Å². The van der Waals surface area contributed by atoms with Crippen molar-refractivity contribution < 1.29 is 14.1 Å². The van der Waals surface area contributed by atoms with Crippen LogP contribution in [-0.4, -0.2) is 22.0 Å². The zero-order chi connectivity index (χ0) is 18.7. The number of hydrogen-bond acceptors (Lipinski definition) is 7. The first-order valence-electron chi connectivity index (χ1n) is 7.86. The molecule has 136 valence electrons. The van der Waals surface area contributed by atoms with Crippen molar-refractivity contribution in [1.29, 1.82) is 0 Å². The number of anilines is 2. The summed E-state index contributed by atoms with van der Waals surface area (Å²) in [6, 6.07) is 3.46. The lowest BCUT2D eigenvalue weighted by atomic mass is 9.92. The second kappa shape index (κ2) is 7.38. The largest absolute Gasteiger partial charge is 0.338 e. The molecule has 9 heteroatoms. The monoisotopic (exact) mass is 390 g/mol. The van der Waals surface area contributed by atoms with E-state index in [9.17, 15) is 9.59 Å². The lowest BCUT2D eigenvalue weighted by Gasteiger charge is -2.12. The minimum absolute atomic E-state index is 0.0797. The van der Waals surface area contributed by atoms with Crippen LogP contribution < -0.4 is 10.6 Å². The van der Waals surface area contributed by atoms with Crippen LogP contribution in [0.15, 0.2) is 32.8 Å². The SMILES string of the molecule is CC(C)(C)c1cc(NC(=O)Cc2csc(NC(=O)c3ccsc3)n2)on1. The van der Waals surface area contributed by atoms with Crippen LogP contribution in [-0.2, 0) is 16.6 Å². The van der Waals surface area contributed by atoms with Gasteiger partial charge in [-0.15, -0.1) is 11.3 Å². The number of aromatic nitrogens is 2. The van der Waals surface area contributed by atoms with Gasteiger partial charge in [0.15, 0.2) is 5.13 Å². The molecule has 0 aromatic carbocycles. The number of thiazole rings is 1.